The Balaban J connectivity index is 2.00. The molecule has 0 saturated heterocycles. The van der Waals surface area contributed by atoms with E-state index in [2.05, 4.69) is 4.90 Å². The zero-order valence-corrected chi connectivity index (χ0v) is 13.6. The lowest BCUT2D eigenvalue weighted by Crippen LogP contribution is -2.26. The third kappa shape index (κ3) is 4.43. The van der Waals surface area contributed by atoms with Gasteiger partial charge in [0, 0.05) is 18.8 Å². The van der Waals surface area contributed by atoms with Gasteiger partial charge in [-0.1, -0.05) is 11.6 Å². The standard InChI is InChI=1S/C14H18ClNO4S/c1-16(10-3-4-10)7-8-20-14(17)12-9-11(21(2,18)19)5-6-13(12)15/h5-6,9-10H,3-4,7-8H2,1-2H3. The molecule has 0 bridgehead atoms. The Morgan fingerprint density at radius 3 is 2.67 bits per heavy atom. The van der Waals surface area contributed by atoms with Crippen LogP contribution in [-0.2, 0) is 14.6 Å². The van der Waals surface area contributed by atoms with Gasteiger partial charge in [-0.05, 0) is 38.1 Å². The second-order valence-corrected chi connectivity index (χ2v) is 7.68. The van der Waals surface area contributed by atoms with Crippen LogP contribution in [0.5, 0.6) is 0 Å². The monoisotopic (exact) mass is 331 g/mol. The molecule has 5 nitrogen and oxygen atoms in total. The first kappa shape index (κ1) is 16.3. The number of likely N-dealkylation sites (N-methyl/N-ethyl adjacent to an activating group) is 1. The molecule has 0 spiro atoms. The Labute approximate surface area is 129 Å². The van der Waals surface area contributed by atoms with Crippen molar-refractivity contribution >= 4 is 27.4 Å². The van der Waals surface area contributed by atoms with Gasteiger partial charge in [-0.25, -0.2) is 13.2 Å². The van der Waals surface area contributed by atoms with Gasteiger partial charge < -0.3 is 9.64 Å². The van der Waals surface area contributed by atoms with Crippen LogP contribution in [0, 0.1) is 0 Å². The van der Waals surface area contributed by atoms with Crippen molar-refractivity contribution in [3.05, 3.63) is 28.8 Å². The van der Waals surface area contributed by atoms with Gasteiger partial charge in [0.25, 0.3) is 0 Å². The molecule has 116 valence electrons. The third-order valence-corrected chi connectivity index (χ3v) is 4.87. The fraction of sp³-hybridized carbons (Fsp3) is 0.500. The van der Waals surface area contributed by atoms with Gasteiger partial charge in [0.15, 0.2) is 9.84 Å². The van der Waals surface area contributed by atoms with Crippen LogP contribution in [0.4, 0.5) is 0 Å². The number of ether oxygens (including phenoxy) is 1. The molecule has 0 heterocycles. The molecular weight excluding hydrogens is 314 g/mol. The minimum absolute atomic E-state index is 0.0500. The second-order valence-electron chi connectivity index (χ2n) is 5.26. The number of hydrogen-bond donors (Lipinski definition) is 0. The fourth-order valence-electron chi connectivity index (χ4n) is 1.95. The molecule has 0 aliphatic heterocycles. The number of rotatable bonds is 6. The Kier molecular flexibility index (Phi) is 4.91. The average Bonchev–Trinajstić information content (AvgIpc) is 3.21. The highest BCUT2D eigenvalue weighted by Gasteiger charge is 2.26. The minimum atomic E-state index is -3.39. The van der Waals surface area contributed by atoms with Crippen LogP contribution in [0.2, 0.25) is 5.02 Å². The van der Waals surface area contributed by atoms with E-state index in [1.165, 1.54) is 31.0 Å². The lowest BCUT2D eigenvalue weighted by Gasteiger charge is -2.15. The van der Waals surface area contributed by atoms with Gasteiger partial charge in [-0.2, -0.15) is 0 Å². The van der Waals surface area contributed by atoms with E-state index >= 15 is 0 Å². The van der Waals surface area contributed by atoms with Gasteiger partial charge in [0.05, 0.1) is 15.5 Å². The first-order valence-electron chi connectivity index (χ1n) is 6.66. The molecule has 0 N–H and O–H groups in total. The van der Waals surface area contributed by atoms with Crippen molar-refractivity contribution in [2.45, 2.75) is 23.8 Å². The molecule has 0 unspecified atom stereocenters. The Bertz CT molecular complexity index is 640. The lowest BCUT2D eigenvalue weighted by molar-refractivity contribution is 0.0470. The van der Waals surface area contributed by atoms with E-state index in [-0.39, 0.29) is 22.1 Å². The molecule has 0 atom stereocenters. The van der Waals surface area contributed by atoms with Crippen LogP contribution in [0.15, 0.2) is 23.1 Å². The topological polar surface area (TPSA) is 63.7 Å². The molecule has 2 rings (SSSR count). The van der Waals surface area contributed by atoms with E-state index in [9.17, 15) is 13.2 Å². The summed E-state index contributed by atoms with van der Waals surface area (Å²) in [6.07, 6.45) is 3.45. The Morgan fingerprint density at radius 2 is 2.10 bits per heavy atom. The highest BCUT2D eigenvalue weighted by atomic mass is 35.5. The van der Waals surface area contributed by atoms with E-state index in [1.807, 2.05) is 7.05 Å². The van der Waals surface area contributed by atoms with Crippen LogP contribution in [0.3, 0.4) is 0 Å². The third-order valence-electron chi connectivity index (χ3n) is 3.43. The highest BCUT2D eigenvalue weighted by Crippen LogP contribution is 2.25. The predicted octanol–water partition coefficient (Wildman–Crippen LogP) is 1.99. The molecule has 0 radical (unpaired) electrons. The lowest BCUT2D eigenvalue weighted by atomic mass is 10.2. The van der Waals surface area contributed by atoms with Crippen molar-refractivity contribution in [3.63, 3.8) is 0 Å². The number of benzene rings is 1. The summed E-state index contributed by atoms with van der Waals surface area (Å²) in [5, 5.41) is 0.183. The molecule has 7 heteroatoms. The van der Waals surface area contributed by atoms with Gasteiger partial charge in [-0.3, -0.25) is 0 Å². The zero-order chi connectivity index (χ0) is 15.6. The molecule has 1 aromatic rings. The number of nitrogens with zero attached hydrogens (tertiary/aromatic N) is 1. The second kappa shape index (κ2) is 6.34. The van der Waals surface area contributed by atoms with Crippen LogP contribution < -0.4 is 0 Å². The Morgan fingerprint density at radius 1 is 1.43 bits per heavy atom. The highest BCUT2D eigenvalue weighted by molar-refractivity contribution is 7.90. The zero-order valence-electron chi connectivity index (χ0n) is 12.0. The van der Waals surface area contributed by atoms with Crippen LogP contribution in [0.25, 0.3) is 0 Å². The molecular formula is C14H18ClNO4S. The van der Waals surface area contributed by atoms with Crippen LogP contribution in [0.1, 0.15) is 23.2 Å². The summed E-state index contributed by atoms with van der Waals surface area (Å²) >= 11 is 5.94. The summed E-state index contributed by atoms with van der Waals surface area (Å²) in [6.45, 7) is 0.908. The largest absolute Gasteiger partial charge is 0.461 e. The minimum Gasteiger partial charge on any atom is -0.461 e. The number of carbonyl (C=O) groups excluding carboxylic acids is 1. The molecule has 21 heavy (non-hydrogen) atoms. The van der Waals surface area contributed by atoms with E-state index in [0.29, 0.717) is 12.6 Å². The summed E-state index contributed by atoms with van der Waals surface area (Å²) in [4.78, 5) is 14.2. The summed E-state index contributed by atoms with van der Waals surface area (Å²) in [5.74, 6) is -0.602. The first-order valence-corrected chi connectivity index (χ1v) is 8.93. The quantitative estimate of drug-likeness (QED) is 0.746. The van der Waals surface area contributed by atoms with Crippen LogP contribution in [-0.4, -0.2) is 51.8 Å². The molecule has 1 fully saturated rings. The van der Waals surface area contributed by atoms with Crippen molar-refractivity contribution in [2.75, 3.05) is 26.5 Å². The van der Waals surface area contributed by atoms with Crippen molar-refractivity contribution in [1.29, 1.82) is 0 Å². The summed E-state index contributed by atoms with van der Waals surface area (Å²) in [7, 11) is -1.40. The van der Waals surface area contributed by atoms with E-state index in [1.54, 1.807) is 0 Å². The molecule has 1 aliphatic carbocycles. The maximum Gasteiger partial charge on any atom is 0.339 e. The molecule has 1 aromatic carbocycles. The van der Waals surface area contributed by atoms with E-state index in [0.717, 1.165) is 6.26 Å². The van der Waals surface area contributed by atoms with Crippen molar-refractivity contribution in [3.8, 4) is 0 Å². The first-order chi connectivity index (χ1) is 9.79. The van der Waals surface area contributed by atoms with Gasteiger partial charge >= 0.3 is 5.97 Å². The summed E-state index contributed by atoms with van der Waals surface area (Å²) < 4.78 is 28.2. The van der Waals surface area contributed by atoms with Crippen molar-refractivity contribution in [1.82, 2.24) is 4.90 Å². The molecule has 0 amide bonds. The summed E-state index contributed by atoms with van der Waals surface area (Å²) in [6, 6.07) is 4.62. The molecule has 1 aliphatic rings. The predicted molar refractivity (Wildman–Crippen MR) is 80.5 cm³/mol. The SMILES string of the molecule is CN(CCOC(=O)c1cc(S(C)(=O)=O)ccc1Cl)C1CC1. The number of halogens is 1. The van der Waals surface area contributed by atoms with Gasteiger partial charge in [0.2, 0.25) is 0 Å². The van der Waals surface area contributed by atoms with Crippen LogP contribution >= 0.6 is 11.6 Å². The maximum atomic E-state index is 12.0. The fourth-order valence-corrected chi connectivity index (χ4v) is 2.79. The van der Waals surface area contributed by atoms with Gasteiger partial charge in [0.1, 0.15) is 6.61 Å². The number of carbonyl (C=O) groups is 1. The normalized spacial score (nSPS) is 15.2. The molecule has 0 aromatic heterocycles. The van der Waals surface area contributed by atoms with Crippen molar-refractivity contribution in [2.24, 2.45) is 0 Å². The Hall–Kier alpha value is -1.11. The maximum absolute atomic E-state index is 12.0. The van der Waals surface area contributed by atoms with Gasteiger partial charge in [-0.15, -0.1) is 0 Å². The average molecular weight is 332 g/mol. The smallest absolute Gasteiger partial charge is 0.339 e. The van der Waals surface area contributed by atoms with Crippen molar-refractivity contribution < 1.29 is 17.9 Å². The number of esters is 1. The number of sulfone groups is 1. The van der Waals surface area contributed by atoms with E-state index in [4.69, 9.17) is 16.3 Å². The number of hydrogen-bond acceptors (Lipinski definition) is 5. The summed E-state index contributed by atoms with van der Waals surface area (Å²) in [5.41, 5.74) is 0.0775. The van der Waals surface area contributed by atoms with E-state index < -0.39 is 15.8 Å². The molecule has 1 saturated carbocycles.